The molecule has 28 heavy (non-hydrogen) atoms. The second-order valence-electron chi connectivity index (χ2n) is 15.1. The second-order valence-corrected chi connectivity index (χ2v) is 38.7. The topological polar surface area (TPSA) is 17.1 Å². The first-order valence-corrected chi connectivity index (χ1v) is 19.6. The Labute approximate surface area is 161 Å². The zero-order valence-electron chi connectivity index (χ0n) is 17.9. The molecule has 0 amide bonds. The van der Waals surface area contributed by atoms with Crippen molar-refractivity contribution in [1.29, 1.82) is 0 Å². The monoisotopic (exact) mass is 424 g/mol. The van der Waals surface area contributed by atoms with Gasteiger partial charge in [-0.05, 0) is 0 Å². The molecule has 0 bridgehead atoms. The summed E-state index contributed by atoms with van der Waals surface area (Å²) in [5, 5.41) is 0. The summed E-state index contributed by atoms with van der Waals surface area (Å²) < 4.78 is 0.552. The molecule has 10 rings (SSSR count). The molecule has 1 nitrogen and oxygen atoms in total. The van der Waals surface area contributed by atoms with Crippen LogP contribution in [0.4, 0.5) is 0 Å². The van der Waals surface area contributed by atoms with Crippen molar-refractivity contribution in [3.05, 3.63) is 0 Å². The average Bonchev–Trinajstić information content (AvgIpc) is 3.63. The quantitative estimate of drug-likeness (QED) is 0.190. The third kappa shape index (κ3) is 0.303. The fourth-order valence-electron chi connectivity index (χ4n) is 19.5. The minimum absolute atomic E-state index is 0.552. The fraction of sp³-hybridized carbons (Fsp3) is 0.962. The Morgan fingerprint density at radius 3 is 1.32 bits per heavy atom. The molecule has 2 heteroatoms. The van der Waals surface area contributed by atoms with Gasteiger partial charge in [0.15, 0.2) is 0 Å². The second kappa shape index (κ2) is 2.06. The first-order valence-electron chi connectivity index (χ1n) is 13.3. The van der Waals surface area contributed by atoms with Crippen LogP contribution in [0.2, 0.25) is 47.7 Å². The molecule has 4 atom stereocenters. The van der Waals surface area contributed by atoms with Gasteiger partial charge in [-0.15, -0.1) is 0 Å². The Kier molecular flexibility index (Phi) is 1.11. The molecule has 4 unspecified atom stereocenters. The number of hydrogen-bond donors (Lipinski definition) is 0. The molecule has 10 aliphatic rings. The van der Waals surface area contributed by atoms with E-state index in [1.807, 2.05) is 0 Å². The first kappa shape index (κ1) is 15.1. The zero-order chi connectivity index (χ0) is 18.5. The van der Waals surface area contributed by atoms with E-state index in [9.17, 15) is 4.79 Å². The summed E-state index contributed by atoms with van der Waals surface area (Å²) in [6.07, 6.45) is 19.4. The van der Waals surface area contributed by atoms with Gasteiger partial charge in [0.2, 0.25) is 0 Å². The molecule has 0 aliphatic carbocycles. The Balaban J connectivity index is 0.692. The number of unbranched alkanes of at least 4 members (excludes halogenated alkanes) is 12. The van der Waals surface area contributed by atoms with Crippen LogP contribution in [0.5, 0.6) is 0 Å². The number of carbonyl (C=O) groups is 1. The summed E-state index contributed by atoms with van der Waals surface area (Å²) in [6, 6.07) is 0. The van der Waals surface area contributed by atoms with Crippen LogP contribution in [0.1, 0.15) is 96.8 Å². The summed E-state index contributed by atoms with van der Waals surface area (Å²) in [7, 11) is 0. The maximum absolute atomic E-state index is 13.5. The third-order valence-electron chi connectivity index (χ3n) is 18.6. The van der Waals surface area contributed by atoms with Crippen LogP contribution in [-0.4, -0.2) is 5.78 Å². The summed E-state index contributed by atoms with van der Waals surface area (Å²) >= 11 is 0. The van der Waals surface area contributed by atoms with Crippen molar-refractivity contribution in [3.63, 3.8) is 0 Å². The number of Topliss-reactive ketones (excluding diaryl/α,β-unsaturated/α-hetero) is 1. The van der Waals surface area contributed by atoms with Gasteiger partial charge in [-0.2, -0.15) is 0 Å². The van der Waals surface area contributed by atoms with Gasteiger partial charge in [0, 0.05) is 0 Å². The Morgan fingerprint density at radius 1 is 0.607 bits per heavy atom. The zero-order valence-corrected chi connectivity index (χ0v) is 19.0. The summed E-state index contributed by atoms with van der Waals surface area (Å²) in [6.45, 7) is -0.811. The van der Waals surface area contributed by atoms with Gasteiger partial charge in [-0.25, -0.2) is 0 Å². The van der Waals surface area contributed by atoms with Gasteiger partial charge < -0.3 is 0 Å². The van der Waals surface area contributed by atoms with Crippen molar-refractivity contribution in [2.45, 2.75) is 144 Å². The predicted octanol–water partition coefficient (Wildman–Crippen LogP) is 8.80. The van der Waals surface area contributed by atoms with E-state index in [4.69, 9.17) is 0 Å². The molecule has 10 saturated heterocycles. The number of ketones is 1. The number of fused-ring (bicyclic) bond motifs is 10. The average molecular weight is 424 g/mol. The Bertz CT molecular complexity index is 1070. The summed E-state index contributed by atoms with van der Waals surface area (Å²) in [5.41, 5.74) is 0. The molecule has 0 aromatic heterocycles. The molecular formula is C26H40FeO. The fourth-order valence-corrected chi connectivity index (χ4v) is 93.6. The minimum atomic E-state index is -3.11. The van der Waals surface area contributed by atoms with Gasteiger partial charge in [-0.1, -0.05) is 32.6 Å². The van der Waals surface area contributed by atoms with Crippen molar-refractivity contribution in [2.24, 2.45) is 0 Å². The molecule has 0 aromatic carbocycles. The van der Waals surface area contributed by atoms with Crippen molar-refractivity contribution >= 4 is 5.78 Å². The summed E-state index contributed by atoms with van der Waals surface area (Å²) in [5.74, 6) is 0.905. The van der Waals surface area contributed by atoms with Crippen LogP contribution < -0.4 is 0 Å². The van der Waals surface area contributed by atoms with Crippen LogP contribution in [0.15, 0.2) is 0 Å². The third-order valence-corrected chi connectivity index (χ3v) is 61.0. The Morgan fingerprint density at radius 2 is 1.00 bits per heavy atom. The van der Waals surface area contributed by atoms with Crippen LogP contribution in [0.25, 0.3) is 0 Å². The Hall–Kier alpha value is 0.189. The van der Waals surface area contributed by atoms with E-state index in [1.165, 1.54) is 127 Å². The van der Waals surface area contributed by atoms with Crippen LogP contribution >= 0.6 is 0 Å². The molecular weight excluding hydrogens is 384 g/mol. The summed E-state index contributed by atoms with van der Waals surface area (Å²) in [4.78, 5) is 25.2. The van der Waals surface area contributed by atoms with Crippen LogP contribution in [0, 0.1) is 0 Å². The van der Waals surface area contributed by atoms with Gasteiger partial charge >= 0.3 is 129 Å². The van der Waals surface area contributed by atoms with Gasteiger partial charge in [0.25, 0.3) is 0 Å². The number of carbonyl (C=O) groups excluding carboxylic acids is 1. The van der Waals surface area contributed by atoms with E-state index in [0.717, 1.165) is 12.2 Å². The first-order chi connectivity index (χ1) is 13.5. The molecule has 1 spiro atoms. The van der Waals surface area contributed by atoms with Crippen molar-refractivity contribution in [2.75, 3.05) is 0 Å². The molecule has 0 aromatic rings. The van der Waals surface area contributed by atoms with E-state index in [0.29, 0.717) is 4.31 Å². The molecule has 0 radical (unpaired) electrons. The number of rotatable bonds is 15. The normalized spacial score (nSPS) is 77.0. The van der Waals surface area contributed by atoms with E-state index in [1.54, 1.807) is 0 Å². The number of hydrogen-bond acceptors (Lipinski definition) is 1. The van der Waals surface area contributed by atoms with E-state index < -0.39 is 6.51 Å². The van der Waals surface area contributed by atoms with Crippen molar-refractivity contribution in [1.82, 2.24) is 0 Å². The predicted molar refractivity (Wildman–Crippen MR) is 112 cm³/mol. The molecule has 0 N–H and O–H groups in total. The molecule has 10 heterocycles. The SMILES string of the molecule is CCCCCCCCCCCCCCCC(=O)[C]12[CH]3[CH]4[CH]5[CH]1[Fe]45321678[CH]2[CH]1[CH]6[CH]7[CH]28. The van der Waals surface area contributed by atoms with Crippen molar-refractivity contribution in [3.8, 4) is 0 Å². The van der Waals surface area contributed by atoms with E-state index in [-0.39, 0.29) is 0 Å². The standard InChI is InChI=1S/C21H35O.C5H5.Fe/c1-2-3-4-5-6-7-8-9-10-11-12-13-14-19-21(22)20-17-15-16-18-20;1-2-4-5-3-1;/h15-18H,2-14,19H2,1H3;1-5H;. The molecule has 158 valence electrons. The maximum atomic E-state index is 13.5. The van der Waals surface area contributed by atoms with Crippen LogP contribution in [-0.2, 0) is 11.3 Å². The molecule has 10 aliphatic heterocycles. The van der Waals surface area contributed by atoms with Gasteiger partial charge in [0.05, 0.1) is 0 Å². The van der Waals surface area contributed by atoms with Gasteiger partial charge in [0.1, 0.15) is 0 Å². The van der Waals surface area contributed by atoms with Crippen molar-refractivity contribution < 1.29 is 11.3 Å². The molecule has 10 fully saturated rings. The van der Waals surface area contributed by atoms with Crippen LogP contribution in [0.3, 0.4) is 0 Å². The molecule has 0 saturated carbocycles. The van der Waals surface area contributed by atoms with Gasteiger partial charge in [-0.3, -0.25) is 0 Å². The van der Waals surface area contributed by atoms with E-state index in [2.05, 4.69) is 6.92 Å². The van der Waals surface area contributed by atoms with E-state index >= 15 is 0 Å².